The van der Waals surface area contributed by atoms with Crippen molar-refractivity contribution in [2.45, 2.75) is 64.4 Å². The SMILES string of the molecule is CC(C)c1cc([C@@H](C)N(C)[S@@](=O)C(C)(C)C)cc(C(F)(F)F)c1. The molecular weight excluding hydrogens is 323 g/mol. The van der Waals surface area contributed by atoms with Gasteiger partial charge in [0.05, 0.1) is 21.3 Å². The van der Waals surface area contributed by atoms with Crippen molar-refractivity contribution in [2.24, 2.45) is 0 Å². The molecule has 0 saturated carbocycles. The number of hydrogen-bond donors (Lipinski definition) is 0. The summed E-state index contributed by atoms with van der Waals surface area (Å²) in [6.07, 6.45) is -4.39. The molecule has 0 saturated heterocycles. The van der Waals surface area contributed by atoms with Crippen LogP contribution in [0.5, 0.6) is 0 Å². The standard InChI is InChI=1S/C17H26F3NOS/c1-11(2)13-8-14(10-15(9-13)17(18,19)20)12(3)21(7)23(22)16(4,5)6/h8-12H,1-7H3/t12-,23+/m1/s1. The molecular formula is C17H26F3NOS. The minimum Gasteiger partial charge on any atom is -0.242 e. The first kappa shape index (κ1) is 20.2. The van der Waals surface area contributed by atoms with Gasteiger partial charge >= 0.3 is 6.18 Å². The molecule has 0 aliphatic rings. The molecule has 1 aromatic rings. The molecule has 0 fully saturated rings. The molecule has 23 heavy (non-hydrogen) atoms. The Kier molecular flexibility index (Phi) is 6.08. The van der Waals surface area contributed by atoms with Gasteiger partial charge in [0.15, 0.2) is 0 Å². The van der Waals surface area contributed by atoms with Gasteiger partial charge in [0.25, 0.3) is 0 Å². The van der Waals surface area contributed by atoms with Crippen LogP contribution in [0.25, 0.3) is 0 Å². The molecule has 6 heteroatoms. The molecule has 0 aromatic heterocycles. The quantitative estimate of drug-likeness (QED) is 0.724. The normalized spacial score (nSPS) is 16.0. The maximum atomic E-state index is 13.2. The van der Waals surface area contributed by atoms with Crippen molar-refractivity contribution in [1.82, 2.24) is 4.31 Å². The number of alkyl halides is 3. The fourth-order valence-electron chi connectivity index (χ4n) is 2.20. The Morgan fingerprint density at radius 2 is 1.48 bits per heavy atom. The van der Waals surface area contributed by atoms with E-state index in [1.54, 1.807) is 24.3 Å². The van der Waals surface area contributed by atoms with Crippen molar-refractivity contribution in [1.29, 1.82) is 0 Å². The molecule has 0 radical (unpaired) electrons. The lowest BCUT2D eigenvalue weighted by molar-refractivity contribution is -0.137. The lowest BCUT2D eigenvalue weighted by Crippen LogP contribution is -2.36. The van der Waals surface area contributed by atoms with Crippen molar-refractivity contribution >= 4 is 11.0 Å². The fourth-order valence-corrected chi connectivity index (χ4v) is 3.47. The van der Waals surface area contributed by atoms with Gasteiger partial charge in [-0.05, 0) is 56.9 Å². The largest absolute Gasteiger partial charge is 0.416 e. The second-order valence-corrected chi connectivity index (χ2v) is 9.42. The smallest absolute Gasteiger partial charge is 0.242 e. The number of hydrogen-bond acceptors (Lipinski definition) is 1. The van der Waals surface area contributed by atoms with Crippen LogP contribution in [0.4, 0.5) is 13.2 Å². The number of halogens is 3. The summed E-state index contributed by atoms with van der Waals surface area (Å²) in [6.45, 7) is 11.0. The Balaban J connectivity index is 3.30. The Morgan fingerprint density at radius 3 is 1.87 bits per heavy atom. The molecule has 0 bridgehead atoms. The monoisotopic (exact) mass is 349 g/mol. The topological polar surface area (TPSA) is 20.3 Å². The summed E-state index contributed by atoms with van der Waals surface area (Å²) >= 11 is 0. The van der Waals surface area contributed by atoms with Crippen LogP contribution in [0.3, 0.4) is 0 Å². The number of nitrogens with zero attached hydrogens (tertiary/aromatic N) is 1. The van der Waals surface area contributed by atoms with Crippen molar-refractivity contribution in [2.75, 3.05) is 7.05 Å². The van der Waals surface area contributed by atoms with Crippen LogP contribution >= 0.6 is 0 Å². The molecule has 0 aliphatic heterocycles. The molecule has 0 amide bonds. The minimum atomic E-state index is -4.39. The third kappa shape index (κ3) is 5.05. The third-order valence-corrected chi connectivity index (χ3v) is 5.67. The molecule has 1 aromatic carbocycles. The fraction of sp³-hybridized carbons (Fsp3) is 0.647. The highest BCUT2D eigenvalue weighted by Crippen LogP contribution is 2.35. The highest BCUT2D eigenvalue weighted by atomic mass is 32.2. The first-order valence-electron chi connectivity index (χ1n) is 7.62. The maximum absolute atomic E-state index is 13.2. The summed E-state index contributed by atoms with van der Waals surface area (Å²) in [4.78, 5) is 0. The van der Waals surface area contributed by atoms with Crippen molar-refractivity contribution in [3.05, 3.63) is 34.9 Å². The predicted molar refractivity (Wildman–Crippen MR) is 89.6 cm³/mol. The molecule has 0 spiro atoms. The molecule has 0 heterocycles. The van der Waals surface area contributed by atoms with Gasteiger partial charge < -0.3 is 0 Å². The van der Waals surface area contributed by atoms with Crippen LogP contribution in [-0.4, -0.2) is 20.3 Å². The van der Waals surface area contributed by atoms with Gasteiger partial charge in [-0.15, -0.1) is 0 Å². The number of benzene rings is 1. The summed E-state index contributed by atoms with van der Waals surface area (Å²) in [5.41, 5.74) is 0.515. The highest BCUT2D eigenvalue weighted by Gasteiger charge is 2.33. The van der Waals surface area contributed by atoms with E-state index < -0.39 is 27.5 Å². The second kappa shape index (κ2) is 6.93. The van der Waals surface area contributed by atoms with Crippen molar-refractivity contribution < 1.29 is 17.4 Å². The van der Waals surface area contributed by atoms with Crippen molar-refractivity contribution in [3.8, 4) is 0 Å². The van der Waals surface area contributed by atoms with Gasteiger partial charge in [-0.1, -0.05) is 19.9 Å². The predicted octanol–water partition coefficient (Wildman–Crippen LogP) is 5.28. The Morgan fingerprint density at radius 1 is 1.00 bits per heavy atom. The van der Waals surface area contributed by atoms with Crippen LogP contribution in [0.2, 0.25) is 0 Å². The van der Waals surface area contributed by atoms with E-state index in [9.17, 15) is 17.4 Å². The zero-order valence-corrected chi connectivity index (χ0v) is 15.6. The van der Waals surface area contributed by atoms with Gasteiger partial charge in [-0.25, -0.2) is 8.51 Å². The Labute approximate surface area is 139 Å². The van der Waals surface area contributed by atoms with Crippen molar-refractivity contribution in [3.63, 3.8) is 0 Å². The van der Waals surface area contributed by atoms with Crippen LogP contribution in [0.1, 0.15) is 70.2 Å². The van der Waals surface area contributed by atoms with Gasteiger partial charge in [0.1, 0.15) is 0 Å². The summed E-state index contributed by atoms with van der Waals surface area (Å²) in [5.74, 6) is -0.0123. The van der Waals surface area contributed by atoms with E-state index in [4.69, 9.17) is 0 Å². The zero-order chi connectivity index (χ0) is 18.2. The first-order valence-corrected chi connectivity index (χ1v) is 8.72. The summed E-state index contributed by atoms with van der Waals surface area (Å²) in [6, 6.07) is 3.75. The molecule has 2 atom stereocenters. The Bertz CT molecular complexity index is 576. The van der Waals surface area contributed by atoms with Crippen LogP contribution in [0, 0.1) is 0 Å². The zero-order valence-electron chi connectivity index (χ0n) is 14.8. The van der Waals surface area contributed by atoms with Gasteiger partial charge in [0.2, 0.25) is 0 Å². The Hall–Kier alpha value is -0.880. The van der Waals surface area contributed by atoms with E-state index in [0.29, 0.717) is 11.1 Å². The first-order chi connectivity index (χ1) is 10.2. The molecule has 1 rings (SSSR count). The molecule has 132 valence electrons. The van der Waals surface area contributed by atoms with E-state index in [2.05, 4.69) is 0 Å². The molecule has 2 nitrogen and oxygen atoms in total. The van der Waals surface area contributed by atoms with E-state index in [-0.39, 0.29) is 12.0 Å². The van der Waals surface area contributed by atoms with E-state index >= 15 is 0 Å². The second-order valence-electron chi connectivity index (χ2n) is 7.12. The van der Waals surface area contributed by atoms with Gasteiger partial charge in [0, 0.05) is 13.1 Å². The number of rotatable bonds is 4. The van der Waals surface area contributed by atoms with Crippen LogP contribution < -0.4 is 0 Å². The minimum absolute atomic E-state index is 0.0123. The molecule has 0 N–H and O–H groups in total. The average molecular weight is 349 g/mol. The maximum Gasteiger partial charge on any atom is 0.416 e. The van der Waals surface area contributed by atoms with E-state index in [1.807, 2.05) is 34.6 Å². The van der Waals surface area contributed by atoms with E-state index in [1.165, 1.54) is 6.07 Å². The lowest BCUT2D eigenvalue weighted by atomic mass is 9.95. The summed E-state index contributed by atoms with van der Waals surface area (Å²) in [5, 5.41) is 0. The lowest BCUT2D eigenvalue weighted by Gasteiger charge is -2.31. The van der Waals surface area contributed by atoms with Crippen LogP contribution in [0.15, 0.2) is 18.2 Å². The molecule has 0 aliphatic carbocycles. The van der Waals surface area contributed by atoms with Crippen LogP contribution in [-0.2, 0) is 17.2 Å². The molecule has 0 unspecified atom stereocenters. The highest BCUT2D eigenvalue weighted by molar-refractivity contribution is 7.84. The van der Waals surface area contributed by atoms with Gasteiger partial charge in [-0.2, -0.15) is 13.2 Å². The average Bonchev–Trinajstić information content (AvgIpc) is 2.42. The summed E-state index contributed by atoms with van der Waals surface area (Å²) in [7, 11) is 0.376. The third-order valence-electron chi connectivity index (χ3n) is 3.78. The summed E-state index contributed by atoms with van der Waals surface area (Å²) < 4.78 is 53.1. The van der Waals surface area contributed by atoms with E-state index in [0.717, 1.165) is 6.07 Å². The van der Waals surface area contributed by atoms with Gasteiger partial charge in [-0.3, -0.25) is 0 Å².